The third-order valence-electron chi connectivity index (χ3n) is 3.56. The van der Waals surface area contributed by atoms with E-state index in [1.54, 1.807) is 7.05 Å². The average molecular weight is 300 g/mol. The lowest BCUT2D eigenvalue weighted by Crippen LogP contribution is -2.40. The second-order valence-corrected chi connectivity index (χ2v) is 7.27. The minimum Gasteiger partial charge on any atom is -0.348 e. The predicted molar refractivity (Wildman–Crippen MR) is 75.9 cm³/mol. The highest BCUT2D eigenvalue weighted by atomic mass is 32.2. The first-order chi connectivity index (χ1) is 9.24. The maximum atomic E-state index is 12.3. The number of carbonyl (C=O) groups is 1. The maximum Gasteiger partial charge on any atom is 0.245 e. The van der Waals surface area contributed by atoms with E-state index in [0.29, 0.717) is 5.82 Å². The summed E-state index contributed by atoms with van der Waals surface area (Å²) in [4.78, 5) is 13.1. The molecular formula is C12H20N4O3S. The summed E-state index contributed by atoms with van der Waals surface area (Å²) in [6.07, 6.45) is 2.67. The Morgan fingerprint density at radius 2 is 2.05 bits per heavy atom. The maximum absolute atomic E-state index is 12.3. The lowest BCUT2D eigenvalue weighted by atomic mass is 10.3. The van der Waals surface area contributed by atoms with E-state index in [4.69, 9.17) is 0 Å². The molecule has 1 aliphatic rings. The molecule has 2 rings (SSSR count). The zero-order valence-corrected chi connectivity index (χ0v) is 13.0. The Hall–Kier alpha value is -1.57. The molecule has 1 aromatic rings. The highest BCUT2D eigenvalue weighted by Crippen LogP contribution is 2.29. The Kier molecular flexibility index (Phi) is 3.77. The predicted octanol–water partition coefficient (Wildman–Crippen LogP) is 0.127. The van der Waals surface area contributed by atoms with Crippen LogP contribution in [0.25, 0.3) is 0 Å². The molecule has 1 aromatic heterocycles. The number of nitrogens with zero attached hydrogens (tertiary/aromatic N) is 3. The van der Waals surface area contributed by atoms with E-state index >= 15 is 0 Å². The summed E-state index contributed by atoms with van der Waals surface area (Å²) in [6.45, 7) is 1.39. The standard InChI is InChI=1S/C12H20N4O3S/c1-8(12(17)15(2)3)20(18,19)14-11-9-6-5-7-10(9)13-16(11)4/h8,14H,5-7H2,1-4H3. The van der Waals surface area contributed by atoms with E-state index in [2.05, 4.69) is 9.82 Å². The molecule has 1 N–H and O–H groups in total. The van der Waals surface area contributed by atoms with Gasteiger partial charge in [-0.25, -0.2) is 8.42 Å². The summed E-state index contributed by atoms with van der Waals surface area (Å²) in [5, 5.41) is 3.17. The molecule has 0 saturated heterocycles. The zero-order chi connectivity index (χ0) is 15.1. The molecule has 1 atom stereocenters. The summed E-state index contributed by atoms with van der Waals surface area (Å²) in [7, 11) is 1.01. The van der Waals surface area contributed by atoms with Gasteiger partial charge in [0.15, 0.2) is 5.25 Å². The molecule has 7 nitrogen and oxygen atoms in total. The largest absolute Gasteiger partial charge is 0.348 e. The van der Waals surface area contributed by atoms with Gasteiger partial charge in [0, 0.05) is 26.7 Å². The molecule has 0 aliphatic heterocycles. The average Bonchev–Trinajstić information content (AvgIpc) is 2.91. The molecule has 20 heavy (non-hydrogen) atoms. The molecular weight excluding hydrogens is 280 g/mol. The number of amides is 1. The molecule has 0 saturated carbocycles. The van der Waals surface area contributed by atoms with Crippen LogP contribution in [0.3, 0.4) is 0 Å². The fourth-order valence-corrected chi connectivity index (χ4v) is 3.54. The van der Waals surface area contributed by atoms with Gasteiger partial charge < -0.3 is 4.90 Å². The van der Waals surface area contributed by atoms with E-state index in [9.17, 15) is 13.2 Å². The van der Waals surface area contributed by atoms with Crippen molar-refractivity contribution in [3.63, 3.8) is 0 Å². The Morgan fingerprint density at radius 3 is 2.65 bits per heavy atom. The monoisotopic (exact) mass is 300 g/mol. The van der Waals surface area contributed by atoms with Gasteiger partial charge in [0.25, 0.3) is 0 Å². The molecule has 0 bridgehead atoms. The van der Waals surface area contributed by atoms with Crippen molar-refractivity contribution in [1.29, 1.82) is 0 Å². The van der Waals surface area contributed by atoms with Crippen LogP contribution in [0.1, 0.15) is 24.6 Å². The molecule has 112 valence electrons. The number of hydrogen-bond acceptors (Lipinski definition) is 4. The smallest absolute Gasteiger partial charge is 0.245 e. The van der Waals surface area contributed by atoms with Gasteiger partial charge in [-0.3, -0.25) is 14.2 Å². The lowest BCUT2D eigenvalue weighted by Gasteiger charge is -2.18. The van der Waals surface area contributed by atoms with E-state index < -0.39 is 21.2 Å². The molecule has 0 fully saturated rings. The molecule has 1 amide bonds. The fraction of sp³-hybridized carbons (Fsp3) is 0.667. The number of aryl methyl sites for hydroxylation is 2. The summed E-state index contributed by atoms with van der Waals surface area (Å²) in [5.74, 6) is 0.0345. The van der Waals surface area contributed by atoms with Crippen molar-refractivity contribution < 1.29 is 13.2 Å². The first kappa shape index (κ1) is 14.8. The summed E-state index contributed by atoms with van der Waals surface area (Å²) < 4.78 is 28.7. The molecule has 1 aliphatic carbocycles. The van der Waals surface area contributed by atoms with E-state index in [1.165, 1.54) is 30.6 Å². The van der Waals surface area contributed by atoms with Crippen LogP contribution in [0, 0.1) is 0 Å². The number of fused-ring (bicyclic) bond motifs is 1. The summed E-state index contributed by atoms with van der Waals surface area (Å²) in [6, 6.07) is 0. The van der Waals surface area contributed by atoms with Crippen LogP contribution in [0.15, 0.2) is 0 Å². The topological polar surface area (TPSA) is 84.3 Å². The minimum absolute atomic E-state index is 0.448. The highest BCUT2D eigenvalue weighted by molar-refractivity contribution is 7.94. The van der Waals surface area contributed by atoms with E-state index in [0.717, 1.165) is 30.5 Å². The first-order valence-electron chi connectivity index (χ1n) is 6.51. The minimum atomic E-state index is -3.77. The molecule has 1 heterocycles. The Morgan fingerprint density at radius 1 is 1.40 bits per heavy atom. The van der Waals surface area contributed by atoms with Gasteiger partial charge in [-0.1, -0.05) is 0 Å². The van der Waals surface area contributed by atoms with E-state index in [1.807, 2.05) is 0 Å². The molecule has 0 aromatic carbocycles. The van der Waals surface area contributed by atoms with Crippen molar-refractivity contribution in [3.8, 4) is 0 Å². The molecule has 0 radical (unpaired) electrons. The van der Waals surface area contributed by atoms with Crippen LogP contribution in [0.4, 0.5) is 5.82 Å². The quantitative estimate of drug-likeness (QED) is 0.856. The number of hydrogen-bond donors (Lipinski definition) is 1. The van der Waals surface area contributed by atoms with Crippen molar-refractivity contribution in [1.82, 2.24) is 14.7 Å². The van der Waals surface area contributed by atoms with Gasteiger partial charge in [0.2, 0.25) is 15.9 Å². The first-order valence-corrected chi connectivity index (χ1v) is 8.06. The SMILES string of the molecule is CC(C(=O)N(C)C)S(=O)(=O)Nc1c2c(nn1C)CCC2. The Labute approximate surface area is 119 Å². The number of aromatic nitrogens is 2. The van der Waals surface area contributed by atoms with Crippen molar-refractivity contribution >= 4 is 21.7 Å². The number of rotatable bonds is 4. The van der Waals surface area contributed by atoms with Crippen LogP contribution in [0.2, 0.25) is 0 Å². The van der Waals surface area contributed by atoms with Crippen LogP contribution >= 0.6 is 0 Å². The van der Waals surface area contributed by atoms with Crippen molar-refractivity contribution in [2.24, 2.45) is 7.05 Å². The number of carbonyl (C=O) groups excluding carboxylic acids is 1. The molecule has 1 unspecified atom stereocenters. The molecule has 8 heteroatoms. The normalized spacial score (nSPS) is 15.8. The van der Waals surface area contributed by atoms with Gasteiger partial charge in [-0.15, -0.1) is 0 Å². The van der Waals surface area contributed by atoms with Crippen LogP contribution in [-0.2, 0) is 34.7 Å². The Bertz CT molecular complexity index is 633. The van der Waals surface area contributed by atoms with Crippen LogP contribution in [-0.4, -0.2) is 48.4 Å². The van der Waals surface area contributed by atoms with Gasteiger partial charge in [-0.05, 0) is 26.2 Å². The zero-order valence-electron chi connectivity index (χ0n) is 12.2. The van der Waals surface area contributed by atoms with Gasteiger partial charge in [0.05, 0.1) is 5.69 Å². The van der Waals surface area contributed by atoms with Crippen molar-refractivity contribution in [2.45, 2.75) is 31.4 Å². The fourth-order valence-electron chi connectivity index (χ4n) is 2.37. The van der Waals surface area contributed by atoms with E-state index in [-0.39, 0.29) is 0 Å². The third-order valence-corrected chi connectivity index (χ3v) is 5.17. The number of sulfonamides is 1. The highest BCUT2D eigenvalue weighted by Gasteiger charge is 2.32. The van der Waals surface area contributed by atoms with Gasteiger partial charge in [-0.2, -0.15) is 5.10 Å². The van der Waals surface area contributed by atoms with Crippen molar-refractivity contribution in [3.05, 3.63) is 11.3 Å². The second-order valence-electron chi connectivity index (χ2n) is 5.27. The number of nitrogens with one attached hydrogen (secondary N) is 1. The second kappa shape index (κ2) is 5.08. The van der Waals surface area contributed by atoms with Crippen molar-refractivity contribution in [2.75, 3.05) is 18.8 Å². The van der Waals surface area contributed by atoms with Gasteiger partial charge in [0.1, 0.15) is 5.82 Å². The summed E-state index contributed by atoms with van der Waals surface area (Å²) >= 11 is 0. The Balaban J connectivity index is 2.27. The van der Waals surface area contributed by atoms with Gasteiger partial charge >= 0.3 is 0 Å². The number of anilines is 1. The molecule has 0 spiro atoms. The van der Waals surface area contributed by atoms with Crippen LogP contribution < -0.4 is 4.72 Å². The third kappa shape index (κ3) is 2.52. The van der Waals surface area contributed by atoms with Crippen LogP contribution in [0.5, 0.6) is 0 Å². The summed E-state index contributed by atoms with van der Waals surface area (Å²) in [5.41, 5.74) is 1.89. The lowest BCUT2D eigenvalue weighted by molar-refractivity contribution is -0.127.